The molecule has 0 atom stereocenters. The Kier molecular flexibility index (Phi) is 14.2. The summed E-state index contributed by atoms with van der Waals surface area (Å²) in [5, 5.41) is 17.5. The highest BCUT2D eigenvalue weighted by Crippen LogP contribution is 2.30. The van der Waals surface area contributed by atoms with Crippen LogP contribution in [0, 0.1) is 0 Å². The third-order valence-electron chi connectivity index (χ3n) is 9.51. The van der Waals surface area contributed by atoms with Gasteiger partial charge in [0.2, 0.25) is 0 Å². The van der Waals surface area contributed by atoms with Crippen molar-refractivity contribution in [2.24, 2.45) is 0 Å². The predicted octanol–water partition coefficient (Wildman–Crippen LogP) is 6.80. The van der Waals surface area contributed by atoms with Gasteiger partial charge < -0.3 is 30.2 Å². The van der Waals surface area contributed by atoms with Crippen molar-refractivity contribution < 1.29 is 24.3 Å². The Morgan fingerprint density at radius 3 is 2.29 bits per heavy atom. The second kappa shape index (κ2) is 20.1. The fraction of sp³-hybridized carbons (Fsp3) is 0.250. The monoisotopic (exact) mass is 800 g/mol. The van der Waals surface area contributed by atoms with Crippen LogP contribution in [0.5, 0.6) is 0 Å². The Morgan fingerprint density at radius 1 is 0.759 bits per heavy atom. The minimum Gasteiger partial charge on any atom is -0.480 e. The Morgan fingerprint density at radius 2 is 1.50 bits per heavy atom. The molecule has 0 fully saturated rings. The molecule has 0 unspecified atom stereocenters. The first-order chi connectivity index (χ1) is 28.1. The molecule has 13 nitrogen and oxygen atoms in total. The Hall–Kier alpha value is -6.54. The molecule has 2 aromatic carbocycles. The molecular weight excluding hydrogens is 757 g/mol. The summed E-state index contributed by atoms with van der Waals surface area (Å²) in [5.41, 5.74) is 5.17. The number of fused-ring (bicyclic) bond motifs is 7. The fourth-order valence-electron chi connectivity index (χ4n) is 6.54. The van der Waals surface area contributed by atoms with E-state index in [1.807, 2.05) is 42.9 Å². The molecule has 3 aromatic heterocycles. The van der Waals surface area contributed by atoms with Gasteiger partial charge in [-0.25, -0.2) is 0 Å². The topological polar surface area (TPSA) is 181 Å². The molecule has 4 N–H and O–H groups in total. The molecule has 298 valence electrons. The molecule has 0 saturated heterocycles. The van der Waals surface area contributed by atoms with Crippen LogP contribution in [0.15, 0.2) is 119 Å². The second-order valence-electron chi connectivity index (χ2n) is 14.0. The van der Waals surface area contributed by atoms with Gasteiger partial charge in [-0.05, 0) is 78.4 Å². The number of thioether (sulfide) groups is 1. The minimum atomic E-state index is -1.13. The normalized spacial score (nSPS) is 14.7. The highest BCUT2D eigenvalue weighted by molar-refractivity contribution is 8.08. The first-order valence-corrected chi connectivity index (χ1v) is 20.1. The van der Waals surface area contributed by atoms with Crippen LogP contribution in [-0.4, -0.2) is 48.7 Å². The molecule has 7 rings (SSSR count). The number of benzene rings is 2. The molecule has 2 aliphatic heterocycles. The Balaban J connectivity index is 0.000000203. The van der Waals surface area contributed by atoms with E-state index in [-0.39, 0.29) is 29.7 Å². The van der Waals surface area contributed by atoms with Gasteiger partial charge in [-0.2, -0.15) is 0 Å². The van der Waals surface area contributed by atoms with Crippen LogP contribution in [0.3, 0.4) is 0 Å². The third kappa shape index (κ3) is 11.7. The number of amides is 2. The Bertz CT molecular complexity index is 2460. The van der Waals surface area contributed by atoms with E-state index >= 15 is 0 Å². The number of carboxylic acids is 1. The zero-order valence-electron chi connectivity index (χ0n) is 31.8. The summed E-state index contributed by atoms with van der Waals surface area (Å²) in [5.74, 6) is -0.904. The maximum absolute atomic E-state index is 12.9. The van der Waals surface area contributed by atoms with Gasteiger partial charge in [0.1, 0.15) is 6.54 Å². The first-order valence-electron chi connectivity index (χ1n) is 19.1. The number of ketones is 1. The molecule has 14 heteroatoms. The first kappa shape index (κ1) is 41.1. The quantitative estimate of drug-likeness (QED) is 0.148. The Labute approximate surface area is 339 Å². The lowest BCUT2D eigenvalue weighted by atomic mass is 10.0. The van der Waals surface area contributed by atoms with Crippen molar-refractivity contribution in [1.82, 2.24) is 19.4 Å². The maximum Gasteiger partial charge on any atom is 0.323 e. The molecule has 0 spiro atoms. The van der Waals surface area contributed by atoms with Gasteiger partial charge in [-0.1, -0.05) is 49.9 Å². The number of anilines is 2. The molecule has 0 saturated carbocycles. The number of hydrogen-bond acceptors (Lipinski definition) is 9. The zero-order chi connectivity index (χ0) is 40.9. The molecule has 0 radical (unpaired) electrons. The molecule has 5 heterocycles. The number of nitrogens with zero attached hydrogens (tertiary/aromatic N) is 3. The SMILES string of the molecule is O=C(O)Cn1cc(NC(=O)c2cccc(C3=CNCS3)c2)ccc1=O.O=C1CCCCCCCCc2cncc(c2)-c2cccc(c2)C(=O)Nc2ccc(=O)n(c2)C1. The standard InChI is InChI=1S/C27H29N3O3.C17H15N3O4S/c31-25-11-6-4-2-1-3-5-8-20-14-23(17-28-16-20)21-9-7-10-22(15-21)27(33)29-24-12-13-26(32)30(18-24)19-25;21-15-5-4-13(8-20(15)9-16(22)23)19-17(24)12-3-1-2-11(6-12)14-7-18-10-25-14/h7,9-10,12-18H,1-6,8,11,19H2,(H,29,33);1-8,18H,9-10H2,(H,19,24)(H,22,23). The molecule has 5 aromatic rings. The molecule has 2 aliphatic rings. The number of aliphatic carboxylic acids is 1. The number of carboxylic acid groups (broad SMARTS) is 1. The van der Waals surface area contributed by atoms with E-state index in [0.29, 0.717) is 28.9 Å². The molecule has 0 aliphatic carbocycles. The van der Waals surface area contributed by atoms with Gasteiger partial charge in [0.25, 0.3) is 22.9 Å². The van der Waals surface area contributed by atoms with Crippen LogP contribution in [0.2, 0.25) is 0 Å². The molecule has 6 bridgehead atoms. The van der Waals surface area contributed by atoms with E-state index < -0.39 is 18.1 Å². The van der Waals surface area contributed by atoms with Gasteiger partial charge in [-0.15, -0.1) is 11.8 Å². The number of hydrogen-bond donors (Lipinski definition) is 4. The van der Waals surface area contributed by atoms with Crippen molar-refractivity contribution in [1.29, 1.82) is 0 Å². The van der Waals surface area contributed by atoms with Crippen molar-refractivity contribution in [3.8, 4) is 11.1 Å². The number of rotatable bonds is 5. The van der Waals surface area contributed by atoms with Crippen LogP contribution in [0.1, 0.15) is 76.8 Å². The van der Waals surface area contributed by atoms with Crippen molar-refractivity contribution >= 4 is 51.6 Å². The summed E-state index contributed by atoms with van der Waals surface area (Å²) >= 11 is 1.65. The lowest BCUT2D eigenvalue weighted by Crippen LogP contribution is -2.24. The van der Waals surface area contributed by atoms with Crippen molar-refractivity contribution in [2.45, 2.75) is 64.5 Å². The lowest BCUT2D eigenvalue weighted by Gasteiger charge is -2.10. The summed E-state index contributed by atoms with van der Waals surface area (Å²) in [4.78, 5) is 77.8. The number of Topliss-reactive ketones (excluding diaryl/α,β-unsaturated/α-hetero) is 1. The van der Waals surface area contributed by atoms with Gasteiger partial charge in [0.15, 0.2) is 5.78 Å². The summed E-state index contributed by atoms with van der Waals surface area (Å²) in [7, 11) is 0. The number of aryl methyl sites for hydroxylation is 1. The van der Waals surface area contributed by atoms with E-state index in [1.54, 1.807) is 42.1 Å². The zero-order valence-corrected chi connectivity index (χ0v) is 32.6. The van der Waals surface area contributed by atoms with E-state index in [1.165, 1.54) is 40.7 Å². The van der Waals surface area contributed by atoms with Crippen molar-refractivity contribution in [3.63, 3.8) is 0 Å². The maximum atomic E-state index is 12.9. The van der Waals surface area contributed by atoms with Gasteiger partial charge >= 0.3 is 5.97 Å². The highest BCUT2D eigenvalue weighted by atomic mass is 32.2. The van der Waals surface area contributed by atoms with Gasteiger partial charge in [0, 0.05) is 71.1 Å². The summed E-state index contributed by atoms with van der Waals surface area (Å²) in [6.45, 7) is -0.433. The van der Waals surface area contributed by atoms with Crippen LogP contribution in [-0.2, 0) is 29.1 Å². The molecule has 58 heavy (non-hydrogen) atoms. The predicted molar refractivity (Wildman–Crippen MR) is 226 cm³/mol. The molecular formula is C44H44N6O7S. The largest absolute Gasteiger partial charge is 0.480 e. The van der Waals surface area contributed by atoms with Crippen LogP contribution < -0.4 is 27.1 Å². The van der Waals surface area contributed by atoms with Crippen LogP contribution >= 0.6 is 11.8 Å². The lowest BCUT2D eigenvalue weighted by molar-refractivity contribution is -0.137. The number of aromatic nitrogens is 3. The van der Waals surface area contributed by atoms with E-state index in [2.05, 4.69) is 27.0 Å². The smallest absolute Gasteiger partial charge is 0.323 e. The number of carbonyl (C=O) groups excluding carboxylic acids is 3. The minimum absolute atomic E-state index is 0.0284. The van der Waals surface area contributed by atoms with Crippen molar-refractivity contribution in [2.75, 3.05) is 16.5 Å². The highest BCUT2D eigenvalue weighted by Gasteiger charge is 2.14. The van der Waals surface area contributed by atoms with Crippen LogP contribution in [0.25, 0.3) is 16.0 Å². The summed E-state index contributed by atoms with van der Waals surface area (Å²) < 4.78 is 2.40. The summed E-state index contributed by atoms with van der Waals surface area (Å²) in [6, 6.07) is 22.4. The van der Waals surface area contributed by atoms with E-state index in [9.17, 15) is 28.8 Å². The number of nitrogens with one attached hydrogen (secondary N) is 3. The molecule has 2 amide bonds. The number of carbonyl (C=O) groups is 4. The van der Waals surface area contributed by atoms with Gasteiger partial charge in [0.05, 0.1) is 23.8 Å². The fourth-order valence-corrected chi connectivity index (χ4v) is 7.32. The average Bonchev–Trinajstić information content (AvgIpc) is 3.77. The number of pyridine rings is 3. The summed E-state index contributed by atoms with van der Waals surface area (Å²) in [6.07, 6.45) is 16.3. The second-order valence-corrected chi connectivity index (χ2v) is 15.0. The third-order valence-corrected chi connectivity index (χ3v) is 10.5. The van der Waals surface area contributed by atoms with Gasteiger partial charge in [-0.3, -0.25) is 33.8 Å². The van der Waals surface area contributed by atoms with Crippen LogP contribution in [0.4, 0.5) is 11.4 Å². The van der Waals surface area contributed by atoms with E-state index in [0.717, 1.165) is 77.0 Å². The van der Waals surface area contributed by atoms with E-state index in [4.69, 9.17) is 5.11 Å². The average molecular weight is 801 g/mol. The van der Waals surface area contributed by atoms with Crippen molar-refractivity contribution in [3.05, 3.63) is 153 Å².